The number of aryl methyl sites for hydroxylation is 2. The van der Waals surface area contributed by atoms with Gasteiger partial charge in [-0.25, -0.2) is 9.59 Å². The molecule has 3 heterocycles. The molecule has 3 amide bonds. The summed E-state index contributed by atoms with van der Waals surface area (Å²) in [4.78, 5) is 38.0. The molecule has 1 N–H and O–H groups in total. The molecule has 0 spiro atoms. The Balaban J connectivity index is 1.60. The third kappa shape index (κ3) is 4.07. The fourth-order valence-electron chi connectivity index (χ4n) is 4.03. The maximum absolute atomic E-state index is 12.9. The van der Waals surface area contributed by atoms with E-state index < -0.39 is 17.9 Å². The Morgan fingerprint density at radius 1 is 1.15 bits per heavy atom. The van der Waals surface area contributed by atoms with Crippen LogP contribution < -0.4 is 5.32 Å². The number of methoxy groups -OCH3 is 1. The number of hydrogen-bond acceptors (Lipinski definition) is 5. The molecular formula is C25H25N3O5. The Morgan fingerprint density at radius 2 is 1.91 bits per heavy atom. The molecule has 1 aliphatic heterocycles. The Hall–Kier alpha value is -4.07. The van der Waals surface area contributed by atoms with Crippen LogP contribution in [0.4, 0.5) is 4.79 Å². The van der Waals surface area contributed by atoms with Gasteiger partial charge in [0.25, 0.3) is 5.91 Å². The van der Waals surface area contributed by atoms with Gasteiger partial charge in [-0.1, -0.05) is 25.1 Å². The standard InChI is InChI=1S/C25H25N3O5/c1-5-17-8-6-7-9-21(17)28-15(2)12-18(16(28)3)13-20-23(29)27(25(31)26-20)14-19-10-11-22(33-19)24(30)32-4/h6-13H,5,14H2,1-4H3,(H,26,31)/b20-13-. The molecule has 8 heteroatoms. The van der Waals surface area contributed by atoms with Gasteiger partial charge >= 0.3 is 12.0 Å². The minimum atomic E-state index is -0.626. The van der Waals surface area contributed by atoms with Crippen molar-refractivity contribution in [3.8, 4) is 5.69 Å². The van der Waals surface area contributed by atoms with Crippen LogP contribution in [0.25, 0.3) is 11.8 Å². The lowest BCUT2D eigenvalue weighted by molar-refractivity contribution is -0.123. The molecule has 0 bridgehead atoms. The van der Waals surface area contributed by atoms with E-state index in [2.05, 4.69) is 33.7 Å². The van der Waals surface area contributed by atoms with Gasteiger partial charge in [0.05, 0.1) is 13.7 Å². The van der Waals surface area contributed by atoms with Crippen LogP contribution in [-0.4, -0.2) is 34.5 Å². The van der Waals surface area contributed by atoms with Crippen molar-refractivity contribution in [1.29, 1.82) is 0 Å². The number of carbonyl (C=O) groups excluding carboxylic acids is 3. The zero-order valence-corrected chi connectivity index (χ0v) is 19.0. The maximum Gasteiger partial charge on any atom is 0.373 e. The van der Waals surface area contributed by atoms with Gasteiger partial charge in [0.1, 0.15) is 11.5 Å². The van der Waals surface area contributed by atoms with E-state index in [1.165, 1.54) is 24.8 Å². The molecule has 4 rings (SSSR count). The van der Waals surface area contributed by atoms with Crippen molar-refractivity contribution in [2.75, 3.05) is 7.11 Å². The third-order valence-corrected chi connectivity index (χ3v) is 5.71. The zero-order chi connectivity index (χ0) is 23.7. The van der Waals surface area contributed by atoms with E-state index in [0.29, 0.717) is 5.76 Å². The van der Waals surface area contributed by atoms with Gasteiger partial charge in [0, 0.05) is 17.1 Å². The van der Waals surface area contributed by atoms with Gasteiger partial charge < -0.3 is 19.0 Å². The van der Waals surface area contributed by atoms with Gasteiger partial charge in [0.2, 0.25) is 5.76 Å². The lowest BCUT2D eigenvalue weighted by Gasteiger charge is -2.14. The number of esters is 1. The number of benzene rings is 1. The molecule has 170 valence electrons. The highest BCUT2D eigenvalue weighted by Gasteiger charge is 2.34. The summed E-state index contributed by atoms with van der Waals surface area (Å²) in [6.45, 7) is 6.02. The number of furan rings is 1. The number of rotatable bonds is 6. The smallest absolute Gasteiger partial charge is 0.373 e. The van der Waals surface area contributed by atoms with Crippen LogP contribution in [0, 0.1) is 13.8 Å². The molecule has 3 aromatic rings. The summed E-state index contributed by atoms with van der Waals surface area (Å²) < 4.78 is 12.2. The Bertz CT molecular complexity index is 1280. The van der Waals surface area contributed by atoms with E-state index in [0.717, 1.165) is 34.0 Å². The van der Waals surface area contributed by atoms with E-state index in [-0.39, 0.29) is 18.0 Å². The normalized spacial score (nSPS) is 14.8. The molecule has 0 saturated carbocycles. The van der Waals surface area contributed by atoms with Crippen LogP contribution in [0.1, 0.15) is 45.8 Å². The van der Waals surface area contributed by atoms with Crippen LogP contribution in [0.2, 0.25) is 0 Å². The number of nitrogens with zero attached hydrogens (tertiary/aromatic N) is 2. The lowest BCUT2D eigenvalue weighted by atomic mass is 10.1. The van der Waals surface area contributed by atoms with Gasteiger partial charge in [-0.15, -0.1) is 0 Å². The molecule has 1 aromatic carbocycles. The second-order valence-corrected chi connectivity index (χ2v) is 7.78. The molecule has 0 radical (unpaired) electrons. The average Bonchev–Trinajstić information content (AvgIpc) is 3.46. The first-order chi connectivity index (χ1) is 15.8. The maximum atomic E-state index is 12.9. The van der Waals surface area contributed by atoms with Crippen LogP contribution >= 0.6 is 0 Å². The van der Waals surface area contributed by atoms with Crippen molar-refractivity contribution in [3.05, 3.63) is 82.2 Å². The highest BCUT2D eigenvalue weighted by Crippen LogP contribution is 2.26. The SMILES string of the molecule is CCc1ccccc1-n1c(C)cc(/C=C2\NC(=O)N(Cc3ccc(C(=O)OC)o3)C2=O)c1C. The molecule has 0 atom stereocenters. The van der Waals surface area contributed by atoms with Crippen molar-refractivity contribution >= 4 is 24.0 Å². The summed E-state index contributed by atoms with van der Waals surface area (Å²) in [5.74, 6) is -0.779. The number of aromatic nitrogens is 1. The highest BCUT2D eigenvalue weighted by molar-refractivity contribution is 6.13. The monoisotopic (exact) mass is 447 g/mol. The Kier molecular flexibility index (Phi) is 5.91. The van der Waals surface area contributed by atoms with E-state index in [4.69, 9.17) is 4.42 Å². The minimum absolute atomic E-state index is 0.00937. The number of carbonyl (C=O) groups is 3. The van der Waals surface area contributed by atoms with Gasteiger partial charge in [-0.3, -0.25) is 9.69 Å². The van der Waals surface area contributed by atoms with Crippen LogP contribution in [0.3, 0.4) is 0 Å². The van der Waals surface area contributed by atoms with Crippen molar-refractivity contribution in [3.63, 3.8) is 0 Å². The topological polar surface area (TPSA) is 93.8 Å². The molecule has 0 unspecified atom stereocenters. The van der Waals surface area contributed by atoms with Crippen molar-refractivity contribution in [1.82, 2.24) is 14.8 Å². The van der Waals surface area contributed by atoms with Crippen molar-refractivity contribution < 1.29 is 23.5 Å². The number of para-hydroxylation sites is 1. The second kappa shape index (κ2) is 8.82. The molecule has 0 aliphatic carbocycles. The summed E-state index contributed by atoms with van der Waals surface area (Å²) in [6, 6.07) is 12.6. The summed E-state index contributed by atoms with van der Waals surface area (Å²) in [5, 5.41) is 2.64. The predicted molar refractivity (Wildman–Crippen MR) is 122 cm³/mol. The third-order valence-electron chi connectivity index (χ3n) is 5.71. The number of amides is 3. The van der Waals surface area contributed by atoms with E-state index in [1.807, 2.05) is 32.0 Å². The van der Waals surface area contributed by atoms with Gasteiger partial charge in [-0.05, 0) is 61.7 Å². The summed E-state index contributed by atoms with van der Waals surface area (Å²) in [6.07, 6.45) is 2.59. The zero-order valence-electron chi connectivity index (χ0n) is 19.0. The summed E-state index contributed by atoms with van der Waals surface area (Å²) >= 11 is 0. The number of ether oxygens (including phenoxy) is 1. The number of imide groups is 1. The fraction of sp³-hybridized carbons (Fsp3) is 0.240. The second-order valence-electron chi connectivity index (χ2n) is 7.78. The number of nitrogens with one attached hydrogen (secondary N) is 1. The largest absolute Gasteiger partial charge is 0.463 e. The summed E-state index contributed by atoms with van der Waals surface area (Å²) in [7, 11) is 1.25. The van der Waals surface area contributed by atoms with E-state index in [1.54, 1.807) is 6.08 Å². The Labute approximate surface area is 191 Å². The first-order valence-electron chi connectivity index (χ1n) is 10.6. The first-order valence-corrected chi connectivity index (χ1v) is 10.6. The quantitative estimate of drug-likeness (QED) is 0.348. The molecule has 1 saturated heterocycles. The molecule has 8 nitrogen and oxygen atoms in total. The van der Waals surface area contributed by atoms with Crippen LogP contribution in [-0.2, 0) is 22.5 Å². The molecule has 1 fully saturated rings. The highest BCUT2D eigenvalue weighted by atomic mass is 16.5. The van der Waals surface area contributed by atoms with Crippen LogP contribution in [0.5, 0.6) is 0 Å². The van der Waals surface area contributed by atoms with Crippen molar-refractivity contribution in [2.45, 2.75) is 33.7 Å². The molecule has 1 aliphatic rings. The molecule has 2 aromatic heterocycles. The average molecular weight is 447 g/mol. The number of hydrogen-bond donors (Lipinski definition) is 1. The van der Waals surface area contributed by atoms with E-state index in [9.17, 15) is 14.4 Å². The van der Waals surface area contributed by atoms with Gasteiger partial charge in [0.15, 0.2) is 0 Å². The van der Waals surface area contributed by atoms with E-state index >= 15 is 0 Å². The fourth-order valence-corrected chi connectivity index (χ4v) is 4.03. The van der Waals surface area contributed by atoms with Crippen LogP contribution in [0.15, 0.2) is 52.6 Å². The predicted octanol–water partition coefficient (Wildman–Crippen LogP) is 4.13. The lowest BCUT2D eigenvalue weighted by Crippen LogP contribution is -2.30. The molecule has 33 heavy (non-hydrogen) atoms. The molecular weight excluding hydrogens is 422 g/mol. The first kappa shape index (κ1) is 22.1. The van der Waals surface area contributed by atoms with Crippen molar-refractivity contribution in [2.24, 2.45) is 0 Å². The minimum Gasteiger partial charge on any atom is -0.463 e. The summed E-state index contributed by atoms with van der Waals surface area (Å²) in [5.41, 5.74) is 5.34. The number of urea groups is 1. The Morgan fingerprint density at radius 3 is 2.64 bits per heavy atom. The van der Waals surface area contributed by atoms with Gasteiger partial charge in [-0.2, -0.15) is 0 Å².